The van der Waals surface area contributed by atoms with Crippen molar-refractivity contribution in [1.82, 2.24) is 14.9 Å². The minimum Gasteiger partial charge on any atom is -0.486 e. The molecule has 1 saturated carbocycles. The molecular weight excluding hydrogens is 337 g/mol. The lowest BCUT2D eigenvalue weighted by Gasteiger charge is -2.33. The van der Waals surface area contributed by atoms with Crippen LogP contribution in [0.5, 0.6) is 5.75 Å². The number of aromatic nitrogens is 2. The number of benzene rings is 1. The molecule has 1 aromatic heterocycles. The number of nitrogens with one attached hydrogen (secondary N) is 1. The van der Waals surface area contributed by atoms with E-state index in [9.17, 15) is 9.18 Å². The van der Waals surface area contributed by atoms with Gasteiger partial charge in [0.15, 0.2) is 0 Å². The van der Waals surface area contributed by atoms with Crippen molar-refractivity contribution in [3.8, 4) is 5.75 Å². The molecule has 138 valence electrons. The average molecular weight is 359 g/mol. The van der Waals surface area contributed by atoms with Crippen molar-refractivity contribution in [2.24, 2.45) is 5.41 Å². The van der Waals surface area contributed by atoms with Crippen molar-refractivity contribution < 1.29 is 18.7 Å². The van der Waals surface area contributed by atoms with E-state index in [1.807, 2.05) is 10.8 Å². The summed E-state index contributed by atoms with van der Waals surface area (Å²) in [5.74, 6) is 0.141. The molecule has 1 aliphatic heterocycles. The van der Waals surface area contributed by atoms with Crippen molar-refractivity contribution >= 4 is 5.91 Å². The summed E-state index contributed by atoms with van der Waals surface area (Å²) in [6.07, 6.45) is 7.40. The molecule has 1 N–H and O–H groups in total. The number of carbonyl (C=O) groups excluding carboxylic acids is 1. The van der Waals surface area contributed by atoms with Crippen molar-refractivity contribution in [3.05, 3.63) is 48.8 Å². The maximum absolute atomic E-state index is 13.4. The van der Waals surface area contributed by atoms with Gasteiger partial charge in [-0.05, 0) is 31.4 Å². The maximum atomic E-state index is 13.4. The van der Waals surface area contributed by atoms with Crippen LogP contribution in [0.4, 0.5) is 4.39 Å². The molecule has 0 spiro atoms. The molecule has 2 atom stereocenters. The summed E-state index contributed by atoms with van der Waals surface area (Å²) >= 11 is 0. The smallest absolute Gasteiger partial charge is 0.228 e. The van der Waals surface area contributed by atoms with Gasteiger partial charge in [-0.25, -0.2) is 9.37 Å². The van der Waals surface area contributed by atoms with Gasteiger partial charge in [0, 0.05) is 31.6 Å². The first-order valence-corrected chi connectivity index (χ1v) is 8.91. The number of imidazole rings is 1. The summed E-state index contributed by atoms with van der Waals surface area (Å²) in [6.45, 7) is 1.58. The second kappa shape index (κ2) is 7.07. The lowest BCUT2D eigenvalue weighted by molar-refractivity contribution is -0.129. The maximum Gasteiger partial charge on any atom is 0.228 e. The molecular formula is C19H22FN3O3. The van der Waals surface area contributed by atoms with E-state index in [0.29, 0.717) is 31.9 Å². The summed E-state index contributed by atoms with van der Waals surface area (Å²) in [7, 11) is 0. The summed E-state index contributed by atoms with van der Waals surface area (Å²) in [4.78, 5) is 16.9. The average Bonchev–Trinajstić information content (AvgIpc) is 3.23. The summed E-state index contributed by atoms with van der Waals surface area (Å²) < 4.78 is 26.7. The minimum atomic E-state index is -0.359. The highest BCUT2D eigenvalue weighted by atomic mass is 19.1. The number of carbonyl (C=O) groups is 1. The van der Waals surface area contributed by atoms with Gasteiger partial charge in [-0.3, -0.25) is 4.79 Å². The van der Waals surface area contributed by atoms with Crippen LogP contribution >= 0.6 is 0 Å². The van der Waals surface area contributed by atoms with Gasteiger partial charge in [0.2, 0.25) is 5.91 Å². The second-order valence-corrected chi connectivity index (χ2v) is 7.07. The van der Waals surface area contributed by atoms with E-state index >= 15 is 0 Å². The van der Waals surface area contributed by atoms with E-state index in [-0.39, 0.29) is 29.3 Å². The van der Waals surface area contributed by atoms with Gasteiger partial charge in [-0.1, -0.05) is 6.07 Å². The molecule has 0 bridgehead atoms. The van der Waals surface area contributed by atoms with Gasteiger partial charge in [0.25, 0.3) is 0 Å². The van der Waals surface area contributed by atoms with Crippen LogP contribution in [0.15, 0.2) is 43.0 Å². The molecule has 4 rings (SSSR count). The first-order valence-electron chi connectivity index (χ1n) is 8.91. The van der Waals surface area contributed by atoms with Crippen molar-refractivity contribution in [2.45, 2.75) is 38.0 Å². The van der Waals surface area contributed by atoms with E-state index in [1.54, 1.807) is 24.7 Å². The molecule has 1 amide bonds. The van der Waals surface area contributed by atoms with Gasteiger partial charge in [-0.2, -0.15) is 0 Å². The van der Waals surface area contributed by atoms with Crippen LogP contribution in [0.25, 0.3) is 0 Å². The third-order valence-corrected chi connectivity index (χ3v) is 5.08. The fourth-order valence-electron chi connectivity index (χ4n) is 3.37. The Kier molecular flexibility index (Phi) is 4.63. The molecule has 7 heteroatoms. The van der Waals surface area contributed by atoms with Crippen molar-refractivity contribution in [1.29, 1.82) is 0 Å². The van der Waals surface area contributed by atoms with Crippen LogP contribution < -0.4 is 10.1 Å². The van der Waals surface area contributed by atoms with Crippen LogP contribution in [0.3, 0.4) is 0 Å². The van der Waals surface area contributed by atoms with Crippen molar-refractivity contribution in [3.63, 3.8) is 0 Å². The molecule has 1 saturated heterocycles. The Hall–Kier alpha value is -2.41. The molecule has 26 heavy (non-hydrogen) atoms. The Balaban J connectivity index is 1.41. The largest absolute Gasteiger partial charge is 0.486 e. The Morgan fingerprint density at radius 2 is 2.35 bits per heavy atom. The number of hydrogen-bond acceptors (Lipinski definition) is 4. The van der Waals surface area contributed by atoms with Gasteiger partial charge < -0.3 is 19.4 Å². The van der Waals surface area contributed by atoms with Crippen molar-refractivity contribution in [2.75, 3.05) is 13.2 Å². The molecule has 2 aliphatic rings. The third-order valence-electron chi connectivity index (χ3n) is 5.08. The fraction of sp³-hybridized carbons (Fsp3) is 0.474. The van der Waals surface area contributed by atoms with E-state index in [2.05, 4.69) is 10.3 Å². The van der Waals surface area contributed by atoms with Gasteiger partial charge in [0.05, 0.1) is 24.4 Å². The quantitative estimate of drug-likeness (QED) is 0.858. The Labute approximate surface area is 151 Å². The van der Waals surface area contributed by atoms with Crippen LogP contribution in [0.2, 0.25) is 0 Å². The third kappa shape index (κ3) is 3.72. The van der Waals surface area contributed by atoms with E-state index in [1.165, 1.54) is 12.1 Å². The topological polar surface area (TPSA) is 65.4 Å². The summed E-state index contributed by atoms with van der Waals surface area (Å²) in [5.41, 5.74) is -0.359. The van der Waals surface area contributed by atoms with Crippen LogP contribution in [0, 0.1) is 11.2 Å². The highest BCUT2D eigenvalue weighted by Crippen LogP contribution is 2.47. The number of amides is 1. The predicted molar refractivity (Wildman–Crippen MR) is 92.1 cm³/mol. The molecule has 0 radical (unpaired) electrons. The zero-order valence-electron chi connectivity index (χ0n) is 14.4. The number of nitrogens with zero attached hydrogens (tertiary/aromatic N) is 2. The molecule has 1 aromatic carbocycles. The summed E-state index contributed by atoms with van der Waals surface area (Å²) in [5, 5.41) is 3.15. The standard InChI is InChI=1S/C19H22FN3O3/c20-14-2-1-3-15(10-14)26-17-11-25-9-4-16(17)22-18(24)19(5-6-19)12-23-8-7-21-13-23/h1-3,7-8,10,13,16-17H,4-6,9,11-12H2,(H,22,24)/t16-,17-/m1/s1. The Bertz CT molecular complexity index is 761. The molecule has 0 unspecified atom stereocenters. The van der Waals surface area contributed by atoms with Crippen LogP contribution in [-0.4, -0.2) is 40.8 Å². The second-order valence-electron chi connectivity index (χ2n) is 7.07. The predicted octanol–water partition coefficient (Wildman–Crippen LogP) is 2.16. The van der Waals surface area contributed by atoms with Gasteiger partial charge in [0.1, 0.15) is 17.7 Å². The number of ether oxygens (including phenoxy) is 2. The fourth-order valence-corrected chi connectivity index (χ4v) is 3.37. The normalized spacial score (nSPS) is 24.0. The highest BCUT2D eigenvalue weighted by Gasteiger charge is 2.51. The lowest BCUT2D eigenvalue weighted by Crippen LogP contribution is -2.53. The highest BCUT2D eigenvalue weighted by molar-refractivity contribution is 5.85. The first-order chi connectivity index (χ1) is 12.6. The number of rotatable bonds is 6. The zero-order chi connectivity index (χ0) is 18.0. The van der Waals surface area contributed by atoms with E-state index in [0.717, 1.165) is 12.8 Å². The SMILES string of the molecule is O=C(N[C@@H]1CCOC[C@H]1Oc1cccc(F)c1)C1(Cn2ccnc2)CC1. The molecule has 2 heterocycles. The molecule has 2 fully saturated rings. The number of hydrogen-bond donors (Lipinski definition) is 1. The Morgan fingerprint density at radius 3 is 3.08 bits per heavy atom. The monoisotopic (exact) mass is 359 g/mol. The molecule has 6 nitrogen and oxygen atoms in total. The van der Waals surface area contributed by atoms with Crippen LogP contribution in [-0.2, 0) is 16.1 Å². The van der Waals surface area contributed by atoms with Gasteiger partial charge in [-0.15, -0.1) is 0 Å². The molecule has 2 aromatic rings. The van der Waals surface area contributed by atoms with Crippen LogP contribution in [0.1, 0.15) is 19.3 Å². The lowest BCUT2D eigenvalue weighted by atomic mass is 10.0. The zero-order valence-corrected chi connectivity index (χ0v) is 14.4. The van der Waals surface area contributed by atoms with E-state index in [4.69, 9.17) is 9.47 Å². The first kappa shape index (κ1) is 17.0. The Morgan fingerprint density at radius 1 is 1.46 bits per heavy atom. The summed E-state index contributed by atoms with van der Waals surface area (Å²) in [6, 6.07) is 5.87. The van der Waals surface area contributed by atoms with E-state index < -0.39 is 0 Å². The molecule has 1 aliphatic carbocycles. The minimum absolute atomic E-state index is 0.0472. The number of halogens is 1. The van der Waals surface area contributed by atoms with Gasteiger partial charge >= 0.3 is 0 Å².